The molecule has 0 fully saturated rings. The highest BCUT2D eigenvalue weighted by Gasteiger charge is 2.45. The fourth-order valence-electron chi connectivity index (χ4n) is 2.95. The number of imide groups is 2. The lowest BCUT2D eigenvalue weighted by Crippen LogP contribution is -2.46. The molecule has 4 amide bonds. The van der Waals surface area contributed by atoms with Gasteiger partial charge in [-0.1, -0.05) is 50.2 Å². The maximum Gasteiger partial charge on any atom is 0.335 e. The molecule has 3 rings (SSSR count). The van der Waals surface area contributed by atoms with Gasteiger partial charge in [0.1, 0.15) is 5.92 Å². The van der Waals surface area contributed by atoms with Crippen LogP contribution in [0.3, 0.4) is 0 Å². The Labute approximate surface area is 150 Å². The van der Waals surface area contributed by atoms with E-state index in [1.165, 1.54) is 0 Å². The van der Waals surface area contributed by atoms with E-state index in [0.29, 0.717) is 16.8 Å². The summed E-state index contributed by atoms with van der Waals surface area (Å²) in [5.41, 5.74) is 1.11. The number of fused-ring (bicyclic) bond motifs is 1. The quantitative estimate of drug-likeness (QED) is 0.863. The highest BCUT2D eigenvalue weighted by Crippen LogP contribution is 2.38. The minimum atomic E-state index is -1.02. The molecule has 0 unspecified atom stereocenters. The van der Waals surface area contributed by atoms with E-state index in [4.69, 9.17) is 0 Å². The van der Waals surface area contributed by atoms with Gasteiger partial charge in [0.15, 0.2) is 5.78 Å². The van der Waals surface area contributed by atoms with Crippen LogP contribution in [0.5, 0.6) is 0 Å². The number of rotatable bonds is 3. The molecule has 26 heavy (non-hydrogen) atoms. The molecular weight excluding hydrogens is 332 g/mol. The highest BCUT2D eigenvalue weighted by molar-refractivity contribution is 6.29. The van der Waals surface area contributed by atoms with E-state index in [0.717, 1.165) is 4.90 Å². The van der Waals surface area contributed by atoms with Crippen LogP contribution in [0.25, 0.3) is 0 Å². The van der Waals surface area contributed by atoms with Gasteiger partial charge in [-0.3, -0.25) is 19.7 Å². The number of urea groups is 1. The third-order valence-corrected chi connectivity index (χ3v) is 4.27. The lowest BCUT2D eigenvalue weighted by Gasteiger charge is -2.16. The van der Waals surface area contributed by atoms with Gasteiger partial charge in [0.05, 0.1) is 5.69 Å². The fraction of sp³-hybridized carbons (Fsp3) is 0.200. The van der Waals surface area contributed by atoms with Gasteiger partial charge in [-0.15, -0.1) is 0 Å². The Bertz CT molecular complexity index is 890. The summed E-state index contributed by atoms with van der Waals surface area (Å²) in [7, 11) is 0. The van der Waals surface area contributed by atoms with E-state index >= 15 is 0 Å². The molecular formula is C20H18N2O4. The third-order valence-electron chi connectivity index (χ3n) is 4.27. The van der Waals surface area contributed by atoms with Crippen molar-refractivity contribution in [3.05, 3.63) is 65.7 Å². The molecule has 2 aromatic carbocycles. The molecule has 6 heteroatoms. The Morgan fingerprint density at radius 1 is 0.962 bits per heavy atom. The SMILES string of the molecule is CC(C)C(=O)[C@@H]1C(=O)N(C(=O)NC(=O)c2ccccc2)c2ccccc21. The number of anilines is 1. The topological polar surface area (TPSA) is 83.6 Å². The molecule has 1 aliphatic heterocycles. The molecule has 6 nitrogen and oxygen atoms in total. The number of carbonyl (C=O) groups is 4. The Kier molecular flexibility index (Phi) is 4.67. The van der Waals surface area contributed by atoms with Crippen LogP contribution in [0.15, 0.2) is 54.6 Å². The first-order valence-electron chi connectivity index (χ1n) is 8.28. The summed E-state index contributed by atoms with van der Waals surface area (Å²) in [5.74, 6) is -2.88. The number of para-hydroxylation sites is 1. The number of Topliss-reactive ketones (excluding diaryl/α,β-unsaturated/α-hetero) is 1. The summed E-state index contributed by atoms with van der Waals surface area (Å²) < 4.78 is 0. The molecule has 2 aromatic rings. The Morgan fingerprint density at radius 2 is 1.58 bits per heavy atom. The lowest BCUT2D eigenvalue weighted by atomic mass is 9.90. The Hall–Kier alpha value is -3.28. The number of benzene rings is 2. The van der Waals surface area contributed by atoms with Crippen molar-refractivity contribution in [2.24, 2.45) is 5.92 Å². The van der Waals surface area contributed by atoms with Crippen LogP contribution in [0.1, 0.15) is 35.7 Å². The molecule has 0 radical (unpaired) electrons. The van der Waals surface area contributed by atoms with Crippen molar-refractivity contribution in [2.75, 3.05) is 4.90 Å². The van der Waals surface area contributed by atoms with E-state index in [9.17, 15) is 19.2 Å². The van der Waals surface area contributed by atoms with Gasteiger partial charge in [-0.05, 0) is 23.8 Å². The number of hydrogen-bond donors (Lipinski definition) is 1. The van der Waals surface area contributed by atoms with E-state index in [-0.39, 0.29) is 11.7 Å². The van der Waals surface area contributed by atoms with Crippen LogP contribution in [0, 0.1) is 5.92 Å². The zero-order valence-corrected chi connectivity index (χ0v) is 14.4. The van der Waals surface area contributed by atoms with E-state index in [1.807, 2.05) is 0 Å². The second kappa shape index (κ2) is 6.92. The van der Waals surface area contributed by atoms with Crippen molar-refractivity contribution in [2.45, 2.75) is 19.8 Å². The van der Waals surface area contributed by atoms with Crippen molar-refractivity contribution < 1.29 is 19.2 Å². The smallest absolute Gasteiger partial charge is 0.298 e. The van der Waals surface area contributed by atoms with Crippen molar-refractivity contribution in [1.29, 1.82) is 0 Å². The minimum Gasteiger partial charge on any atom is -0.298 e. The normalized spacial score (nSPS) is 15.7. The predicted octanol–water partition coefficient (Wildman–Crippen LogP) is 2.89. The lowest BCUT2D eigenvalue weighted by molar-refractivity contribution is -0.129. The predicted molar refractivity (Wildman–Crippen MR) is 95.8 cm³/mol. The maximum absolute atomic E-state index is 12.8. The minimum absolute atomic E-state index is 0.257. The van der Waals surface area contributed by atoms with Crippen LogP contribution in [-0.4, -0.2) is 23.6 Å². The first-order chi connectivity index (χ1) is 12.4. The van der Waals surface area contributed by atoms with Gasteiger partial charge in [-0.2, -0.15) is 0 Å². The van der Waals surface area contributed by atoms with Crippen molar-refractivity contribution in [3.63, 3.8) is 0 Å². The average molecular weight is 350 g/mol. The van der Waals surface area contributed by atoms with Crippen molar-refractivity contribution in [1.82, 2.24) is 5.32 Å². The number of amides is 4. The second-order valence-corrected chi connectivity index (χ2v) is 6.35. The molecule has 132 valence electrons. The van der Waals surface area contributed by atoms with Crippen LogP contribution < -0.4 is 10.2 Å². The molecule has 0 aliphatic carbocycles. The molecule has 0 saturated carbocycles. The molecule has 0 aromatic heterocycles. The number of nitrogens with one attached hydrogen (secondary N) is 1. The molecule has 1 atom stereocenters. The van der Waals surface area contributed by atoms with Crippen LogP contribution in [0.4, 0.5) is 10.5 Å². The Morgan fingerprint density at radius 3 is 2.23 bits per heavy atom. The van der Waals surface area contributed by atoms with Gasteiger partial charge in [0.2, 0.25) is 5.91 Å². The van der Waals surface area contributed by atoms with Crippen LogP contribution >= 0.6 is 0 Å². The van der Waals surface area contributed by atoms with Gasteiger partial charge >= 0.3 is 6.03 Å². The summed E-state index contributed by atoms with van der Waals surface area (Å²) >= 11 is 0. The highest BCUT2D eigenvalue weighted by atomic mass is 16.2. The maximum atomic E-state index is 12.8. The number of carbonyl (C=O) groups excluding carboxylic acids is 4. The second-order valence-electron chi connectivity index (χ2n) is 6.35. The third kappa shape index (κ3) is 3.01. The van der Waals surface area contributed by atoms with Crippen LogP contribution in [0.2, 0.25) is 0 Å². The Balaban J connectivity index is 1.90. The number of ketones is 1. The molecule has 0 bridgehead atoms. The molecule has 1 N–H and O–H groups in total. The molecule has 0 saturated heterocycles. The van der Waals surface area contributed by atoms with Gasteiger partial charge in [0.25, 0.3) is 5.91 Å². The number of nitrogens with zero attached hydrogens (tertiary/aromatic N) is 1. The van der Waals surface area contributed by atoms with Gasteiger partial charge < -0.3 is 0 Å². The zero-order chi connectivity index (χ0) is 18.8. The summed E-state index contributed by atoms with van der Waals surface area (Å²) in [5, 5.41) is 2.21. The monoisotopic (exact) mass is 350 g/mol. The van der Waals surface area contributed by atoms with Crippen molar-refractivity contribution in [3.8, 4) is 0 Å². The largest absolute Gasteiger partial charge is 0.335 e. The van der Waals surface area contributed by atoms with E-state index in [1.54, 1.807) is 68.4 Å². The summed E-state index contributed by atoms with van der Waals surface area (Å²) in [6.07, 6.45) is 0. The zero-order valence-electron chi connectivity index (χ0n) is 14.4. The first-order valence-corrected chi connectivity index (χ1v) is 8.28. The van der Waals surface area contributed by atoms with Crippen LogP contribution in [-0.2, 0) is 9.59 Å². The fourth-order valence-corrected chi connectivity index (χ4v) is 2.95. The van der Waals surface area contributed by atoms with Gasteiger partial charge in [0, 0.05) is 11.5 Å². The van der Waals surface area contributed by atoms with E-state index in [2.05, 4.69) is 5.32 Å². The summed E-state index contributed by atoms with van der Waals surface area (Å²) in [6.45, 7) is 3.42. The average Bonchev–Trinajstić information content (AvgIpc) is 2.93. The molecule has 1 heterocycles. The standard InChI is InChI=1S/C20H18N2O4/c1-12(2)17(23)16-14-10-6-7-11-15(14)22(19(16)25)20(26)21-18(24)13-8-4-3-5-9-13/h3-12,16H,1-2H3,(H,21,24,26)/t16-/m1/s1. The summed E-state index contributed by atoms with van der Waals surface area (Å²) in [4.78, 5) is 51.0. The van der Waals surface area contributed by atoms with Crippen molar-refractivity contribution >= 4 is 29.3 Å². The molecule has 0 spiro atoms. The van der Waals surface area contributed by atoms with Gasteiger partial charge in [-0.25, -0.2) is 9.69 Å². The van der Waals surface area contributed by atoms with E-state index < -0.39 is 23.8 Å². The molecule has 1 aliphatic rings. The number of hydrogen-bond acceptors (Lipinski definition) is 4. The first kappa shape index (κ1) is 17.5. The summed E-state index contributed by atoms with van der Waals surface area (Å²) in [6, 6.07) is 14.0.